The molecule has 3 rings (SSSR count). The van der Waals surface area contributed by atoms with Gasteiger partial charge in [0.25, 0.3) is 5.91 Å². The molecule has 0 bridgehead atoms. The lowest BCUT2D eigenvalue weighted by atomic mass is 10.0. The predicted molar refractivity (Wildman–Crippen MR) is 210 cm³/mol. The van der Waals surface area contributed by atoms with E-state index in [1.54, 1.807) is 14.7 Å². The van der Waals surface area contributed by atoms with E-state index >= 15 is 0 Å². The predicted octanol–water partition coefficient (Wildman–Crippen LogP) is 0.910. The SMILES string of the molecule is CCCCNC(=O)[C@H](N)CCCNC(=O)/C(Cc1ccc(-c2ccccc2)cc1)=N/CN1CCN(CC(=O)O)CCN(CC(=O)O)CCN(CC(=O)O)CC1. The van der Waals surface area contributed by atoms with Crippen molar-refractivity contribution in [3.05, 3.63) is 60.2 Å². The smallest absolute Gasteiger partial charge is 0.317 e. The van der Waals surface area contributed by atoms with Gasteiger partial charge >= 0.3 is 17.9 Å². The molecule has 2 amide bonds. The highest BCUT2D eigenvalue weighted by Gasteiger charge is 2.21. The Balaban J connectivity index is 1.79. The third-order valence-electron chi connectivity index (χ3n) is 9.31. The fourth-order valence-electron chi connectivity index (χ4n) is 6.08. The fraction of sp³-hybridized carbons (Fsp3) is 0.538. The molecule has 1 heterocycles. The zero-order valence-electron chi connectivity index (χ0n) is 31.9. The molecular weight excluding hydrogens is 708 g/mol. The summed E-state index contributed by atoms with van der Waals surface area (Å²) in [7, 11) is 0. The Morgan fingerprint density at radius 2 is 1.15 bits per heavy atom. The van der Waals surface area contributed by atoms with Crippen LogP contribution in [-0.2, 0) is 30.4 Å². The van der Waals surface area contributed by atoms with Gasteiger partial charge in [-0.25, -0.2) is 0 Å². The van der Waals surface area contributed by atoms with E-state index in [0.29, 0.717) is 71.7 Å². The summed E-state index contributed by atoms with van der Waals surface area (Å²) in [6.45, 7) is 4.86. The third-order valence-corrected chi connectivity index (χ3v) is 9.31. The van der Waals surface area contributed by atoms with Crippen LogP contribution in [0.2, 0.25) is 0 Å². The van der Waals surface area contributed by atoms with Crippen LogP contribution in [0.15, 0.2) is 59.6 Å². The van der Waals surface area contributed by atoms with Crippen molar-refractivity contribution in [3.63, 3.8) is 0 Å². The number of nitrogens with one attached hydrogen (secondary N) is 2. The Morgan fingerprint density at radius 3 is 1.64 bits per heavy atom. The van der Waals surface area contributed by atoms with E-state index in [2.05, 4.69) is 10.6 Å². The molecule has 55 heavy (non-hydrogen) atoms. The maximum atomic E-state index is 13.7. The van der Waals surface area contributed by atoms with Gasteiger partial charge in [0.2, 0.25) is 5.91 Å². The molecule has 1 fully saturated rings. The van der Waals surface area contributed by atoms with E-state index in [9.17, 15) is 39.3 Å². The molecule has 0 aliphatic carbocycles. The minimum Gasteiger partial charge on any atom is -0.480 e. The first-order valence-electron chi connectivity index (χ1n) is 19.0. The van der Waals surface area contributed by atoms with Gasteiger partial charge in [-0.05, 0) is 36.0 Å². The minimum absolute atomic E-state index is 0.0978. The van der Waals surface area contributed by atoms with E-state index in [0.717, 1.165) is 29.5 Å². The first-order valence-corrected chi connectivity index (χ1v) is 19.0. The van der Waals surface area contributed by atoms with E-state index in [-0.39, 0.29) is 56.8 Å². The average molecular weight is 767 g/mol. The number of aliphatic imine (C=N–C) groups is 1. The van der Waals surface area contributed by atoms with Gasteiger partial charge < -0.3 is 31.7 Å². The van der Waals surface area contributed by atoms with Crippen molar-refractivity contribution in [2.75, 3.05) is 91.8 Å². The normalized spacial score (nSPS) is 16.4. The number of carboxylic acid groups (broad SMARTS) is 3. The number of carboxylic acids is 3. The molecule has 2 aromatic rings. The van der Waals surface area contributed by atoms with Crippen LogP contribution in [0.1, 0.15) is 38.2 Å². The Morgan fingerprint density at radius 1 is 0.673 bits per heavy atom. The van der Waals surface area contributed by atoms with Crippen LogP contribution in [0.25, 0.3) is 11.1 Å². The Hall–Kier alpha value is -4.74. The summed E-state index contributed by atoms with van der Waals surface area (Å²) in [6, 6.07) is 17.2. The largest absolute Gasteiger partial charge is 0.480 e. The van der Waals surface area contributed by atoms with Crippen LogP contribution in [-0.4, -0.2) is 168 Å². The molecular formula is C39H58N8O8. The van der Waals surface area contributed by atoms with Gasteiger partial charge in [-0.3, -0.25) is 48.6 Å². The summed E-state index contributed by atoms with van der Waals surface area (Å²) < 4.78 is 0. The summed E-state index contributed by atoms with van der Waals surface area (Å²) in [6.07, 6.45) is 2.96. The molecule has 0 saturated carbocycles. The van der Waals surface area contributed by atoms with Crippen molar-refractivity contribution >= 4 is 35.4 Å². The maximum absolute atomic E-state index is 13.7. The van der Waals surface area contributed by atoms with E-state index < -0.39 is 23.9 Å². The van der Waals surface area contributed by atoms with E-state index in [4.69, 9.17) is 10.7 Å². The molecule has 0 aromatic heterocycles. The first kappa shape index (κ1) is 44.7. The molecule has 16 heteroatoms. The molecule has 0 unspecified atom stereocenters. The Kier molecular flexibility index (Phi) is 20.0. The number of nitrogens with two attached hydrogens (primary N) is 1. The fourth-order valence-corrected chi connectivity index (χ4v) is 6.08. The summed E-state index contributed by atoms with van der Waals surface area (Å²) in [5.41, 5.74) is 9.33. The van der Waals surface area contributed by atoms with Crippen molar-refractivity contribution in [1.82, 2.24) is 30.2 Å². The van der Waals surface area contributed by atoms with Gasteiger partial charge in [0, 0.05) is 71.9 Å². The van der Waals surface area contributed by atoms with Crippen molar-refractivity contribution in [2.45, 2.75) is 45.1 Å². The number of hydrogen-bond acceptors (Lipinski definition) is 11. The van der Waals surface area contributed by atoms with Gasteiger partial charge in [0.1, 0.15) is 5.71 Å². The van der Waals surface area contributed by atoms with E-state index in [1.165, 1.54) is 0 Å². The van der Waals surface area contributed by atoms with Gasteiger partial charge in [0.05, 0.1) is 32.3 Å². The molecule has 16 nitrogen and oxygen atoms in total. The minimum atomic E-state index is -1.02. The number of rotatable bonds is 20. The quantitative estimate of drug-likeness (QED) is 0.0816. The number of carbonyl (C=O) groups is 5. The number of amides is 2. The lowest BCUT2D eigenvalue weighted by molar-refractivity contribution is -0.140. The molecule has 0 spiro atoms. The van der Waals surface area contributed by atoms with Gasteiger partial charge in [0.15, 0.2) is 0 Å². The molecule has 0 radical (unpaired) electrons. The van der Waals surface area contributed by atoms with Crippen molar-refractivity contribution in [2.24, 2.45) is 10.7 Å². The van der Waals surface area contributed by atoms with Gasteiger partial charge in [-0.15, -0.1) is 0 Å². The van der Waals surface area contributed by atoms with Gasteiger partial charge in [-0.1, -0.05) is 67.9 Å². The summed E-state index contributed by atoms with van der Waals surface area (Å²) in [4.78, 5) is 72.8. The van der Waals surface area contributed by atoms with Crippen LogP contribution in [0.4, 0.5) is 0 Å². The molecule has 7 N–H and O–H groups in total. The second-order valence-electron chi connectivity index (χ2n) is 13.8. The van der Waals surface area contributed by atoms with Crippen LogP contribution in [0.3, 0.4) is 0 Å². The summed E-state index contributed by atoms with van der Waals surface area (Å²) in [5.74, 6) is -3.62. The number of unbranched alkanes of at least 4 members (excludes halogenated alkanes) is 1. The monoisotopic (exact) mass is 766 g/mol. The second kappa shape index (κ2) is 24.6. The van der Waals surface area contributed by atoms with Crippen molar-refractivity contribution in [3.8, 4) is 11.1 Å². The zero-order valence-corrected chi connectivity index (χ0v) is 31.9. The maximum Gasteiger partial charge on any atom is 0.317 e. The summed E-state index contributed by atoms with van der Waals surface area (Å²) in [5, 5.41) is 34.3. The third kappa shape index (κ3) is 18.0. The summed E-state index contributed by atoms with van der Waals surface area (Å²) >= 11 is 0. The van der Waals surface area contributed by atoms with Gasteiger partial charge in [-0.2, -0.15) is 0 Å². The lowest BCUT2D eigenvalue weighted by Crippen LogP contribution is -2.48. The number of aliphatic carboxylic acids is 3. The first-order chi connectivity index (χ1) is 26.4. The Labute approximate surface area is 323 Å². The number of benzene rings is 2. The molecule has 1 saturated heterocycles. The van der Waals surface area contributed by atoms with Crippen molar-refractivity contribution < 1.29 is 39.3 Å². The second-order valence-corrected chi connectivity index (χ2v) is 13.8. The highest BCUT2D eigenvalue weighted by molar-refractivity contribution is 6.39. The average Bonchev–Trinajstić information content (AvgIpc) is 3.15. The molecule has 1 aliphatic rings. The van der Waals surface area contributed by atoms with Crippen molar-refractivity contribution in [1.29, 1.82) is 0 Å². The van der Waals surface area contributed by atoms with Crippen LogP contribution >= 0.6 is 0 Å². The zero-order chi connectivity index (χ0) is 40.0. The molecule has 1 atom stereocenters. The topological polar surface area (TPSA) is 221 Å². The number of carbonyl (C=O) groups excluding carboxylic acids is 2. The highest BCUT2D eigenvalue weighted by atomic mass is 16.4. The van der Waals surface area contributed by atoms with Crippen LogP contribution < -0.4 is 16.4 Å². The molecule has 1 aliphatic heterocycles. The standard InChI is InChI=1S/C39H58N8O8/c1-2-3-15-41-38(54)33(40)10-7-16-42-39(55)34(25-30-11-13-32(14-12-30)31-8-5-4-6-9-31)43-29-47-23-21-45(27-36(50)51)19-17-44(26-35(48)49)18-20-46(22-24-47)28-37(52)53/h4-6,8-9,11-14,33H,2-3,7,10,15-29,40H2,1H3,(H,41,54)(H,42,55)(H,48,49)(H,50,51)(H,52,53)/b43-34+/t33-/m1/s1. The number of nitrogens with zero attached hydrogens (tertiary/aromatic N) is 5. The molecule has 302 valence electrons. The number of hydrogen-bond donors (Lipinski definition) is 6. The van der Waals surface area contributed by atoms with E-state index in [1.807, 2.05) is 66.4 Å². The molecule has 2 aromatic carbocycles. The highest BCUT2D eigenvalue weighted by Crippen LogP contribution is 2.19. The lowest BCUT2D eigenvalue weighted by Gasteiger charge is -2.32. The Bertz CT molecular complexity index is 1510. The van der Waals surface area contributed by atoms with Crippen LogP contribution in [0.5, 0.6) is 0 Å². The van der Waals surface area contributed by atoms with Crippen LogP contribution in [0, 0.1) is 0 Å².